The second kappa shape index (κ2) is 11.8. The molecule has 1 aromatic heterocycles. The van der Waals surface area contributed by atoms with Gasteiger partial charge in [0.05, 0.1) is 26.1 Å². The van der Waals surface area contributed by atoms with Crippen LogP contribution in [-0.2, 0) is 26.5 Å². The second-order valence-electron chi connectivity index (χ2n) is 9.17. The van der Waals surface area contributed by atoms with Gasteiger partial charge in [0.2, 0.25) is 5.79 Å². The van der Waals surface area contributed by atoms with Crippen molar-refractivity contribution < 1.29 is 23.7 Å². The van der Waals surface area contributed by atoms with Crippen LogP contribution in [0.25, 0.3) is 0 Å². The Labute approximate surface area is 231 Å². The fraction of sp³-hybridized carbons (Fsp3) is 0.407. The largest absolute Gasteiger partial charge is 0.491 e. The minimum Gasteiger partial charge on any atom is -0.491 e. The highest BCUT2D eigenvalue weighted by molar-refractivity contribution is 6.34. The number of nitrogens with zero attached hydrogens (tertiary/aromatic N) is 4. The Morgan fingerprint density at radius 1 is 1.11 bits per heavy atom. The molecule has 202 valence electrons. The molecule has 38 heavy (non-hydrogen) atoms. The topological polar surface area (TPSA) is 78.3 Å². The van der Waals surface area contributed by atoms with Gasteiger partial charge >= 0.3 is 6.09 Å². The van der Waals surface area contributed by atoms with Gasteiger partial charge in [0.1, 0.15) is 18.5 Å². The quantitative estimate of drug-likeness (QED) is 0.391. The Morgan fingerprint density at radius 2 is 1.84 bits per heavy atom. The molecule has 2 atom stereocenters. The first-order valence-electron chi connectivity index (χ1n) is 12.6. The van der Waals surface area contributed by atoms with E-state index in [4.69, 9.17) is 42.1 Å². The van der Waals surface area contributed by atoms with E-state index in [2.05, 4.69) is 9.88 Å². The van der Waals surface area contributed by atoms with Crippen LogP contribution in [0.1, 0.15) is 12.5 Å². The number of rotatable bonds is 8. The molecule has 2 aliphatic heterocycles. The average molecular weight is 561 g/mol. The number of amides is 1. The number of halogens is 2. The number of aromatic nitrogens is 2. The van der Waals surface area contributed by atoms with Crippen molar-refractivity contribution in [1.29, 1.82) is 0 Å². The van der Waals surface area contributed by atoms with Crippen molar-refractivity contribution in [2.45, 2.75) is 25.4 Å². The Hall–Kier alpha value is -2.98. The normalized spacial score (nSPS) is 21.5. The molecule has 2 fully saturated rings. The van der Waals surface area contributed by atoms with Gasteiger partial charge in [-0.3, -0.25) is 0 Å². The second-order valence-corrected chi connectivity index (χ2v) is 10.0. The third-order valence-corrected chi connectivity index (χ3v) is 6.99. The monoisotopic (exact) mass is 560 g/mol. The minimum absolute atomic E-state index is 0.249. The predicted octanol–water partition coefficient (Wildman–Crippen LogP) is 4.82. The number of ether oxygens (including phenoxy) is 4. The lowest BCUT2D eigenvalue weighted by molar-refractivity contribution is -0.189. The van der Waals surface area contributed by atoms with Crippen molar-refractivity contribution in [3.05, 3.63) is 76.8 Å². The summed E-state index contributed by atoms with van der Waals surface area (Å²) < 4.78 is 25.7. The zero-order valence-electron chi connectivity index (χ0n) is 21.1. The van der Waals surface area contributed by atoms with Gasteiger partial charge in [-0.1, -0.05) is 23.2 Å². The lowest BCUT2D eigenvalue weighted by atomic mass is 10.1. The van der Waals surface area contributed by atoms with E-state index in [1.54, 1.807) is 35.6 Å². The van der Waals surface area contributed by atoms with Crippen LogP contribution in [0.5, 0.6) is 5.75 Å². The van der Waals surface area contributed by atoms with E-state index in [-0.39, 0.29) is 12.2 Å². The summed E-state index contributed by atoms with van der Waals surface area (Å²) in [4.78, 5) is 20.0. The maximum atomic E-state index is 11.9. The molecule has 0 bridgehead atoms. The molecule has 0 aliphatic carbocycles. The van der Waals surface area contributed by atoms with Crippen LogP contribution in [0.2, 0.25) is 10.0 Å². The molecule has 9 nitrogen and oxygen atoms in total. The molecule has 3 heterocycles. The molecule has 1 amide bonds. The van der Waals surface area contributed by atoms with Crippen LogP contribution in [0, 0.1) is 0 Å². The van der Waals surface area contributed by atoms with Crippen molar-refractivity contribution in [3.63, 3.8) is 0 Å². The fourth-order valence-corrected chi connectivity index (χ4v) is 5.20. The van der Waals surface area contributed by atoms with E-state index in [1.807, 2.05) is 42.0 Å². The molecule has 0 spiro atoms. The number of carbonyl (C=O) groups is 1. The van der Waals surface area contributed by atoms with Crippen molar-refractivity contribution >= 4 is 35.0 Å². The van der Waals surface area contributed by atoms with Crippen molar-refractivity contribution in [1.82, 2.24) is 14.5 Å². The SMILES string of the molecule is CCOC(=O)N1CCN(c2ccc(OC[C@@H]3CO[C@@](Cn4ccnc4)(c4cc(Cl)cc(Cl)c4)O3)cc2)CC1. The standard InChI is InChI=1S/C27H30Cl2N4O5/c1-2-35-26(34)33-11-9-32(10-12-33)23-3-5-24(6-4-23)36-16-25-17-37-27(38-25,18-31-8-7-30-19-31)20-13-21(28)15-22(29)14-20/h3-8,13-15,19,25H,2,9-12,16-18H2,1H3/t25-,27-/m1/s1. The summed E-state index contributed by atoms with van der Waals surface area (Å²) in [7, 11) is 0. The van der Waals surface area contributed by atoms with E-state index in [0.717, 1.165) is 30.1 Å². The third kappa shape index (κ3) is 6.18. The molecule has 3 aromatic rings. The van der Waals surface area contributed by atoms with Crippen LogP contribution >= 0.6 is 23.2 Å². The Balaban J connectivity index is 1.19. The molecular formula is C27H30Cl2N4O5. The molecule has 2 aromatic carbocycles. The molecule has 0 unspecified atom stereocenters. The minimum atomic E-state index is -1.07. The van der Waals surface area contributed by atoms with E-state index in [1.165, 1.54) is 0 Å². The van der Waals surface area contributed by atoms with Crippen LogP contribution in [0.15, 0.2) is 61.2 Å². The van der Waals surface area contributed by atoms with Gasteiger partial charge in [0.15, 0.2) is 0 Å². The molecule has 5 rings (SSSR count). The molecule has 0 radical (unpaired) electrons. The number of imidazole rings is 1. The average Bonchev–Trinajstić information content (AvgIpc) is 3.58. The first kappa shape index (κ1) is 26.6. The number of hydrogen-bond acceptors (Lipinski definition) is 7. The fourth-order valence-electron chi connectivity index (χ4n) is 4.67. The Bertz CT molecular complexity index is 1200. The van der Waals surface area contributed by atoms with Crippen LogP contribution in [0.4, 0.5) is 10.5 Å². The summed E-state index contributed by atoms with van der Waals surface area (Å²) in [5, 5.41) is 1.01. The van der Waals surface area contributed by atoms with Gasteiger partial charge in [-0.05, 0) is 49.4 Å². The van der Waals surface area contributed by atoms with Crippen LogP contribution in [0.3, 0.4) is 0 Å². The van der Waals surface area contributed by atoms with Gasteiger partial charge in [-0.25, -0.2) is 9.78 Å². The van der Waals surface area contributed by atoms with Gasteiger partial charge in [0, 0.05) is 59.9 Å². The lowest BCUT2D eigenvalue weighted by Crippen LogP contribution is -2.48. The highest BCUT2D eigenvalue weighted by Crippen LogP contribution is 2.38. The Kier molecular flexibility index (Phi) is 8.28. The summed E-state index contributed by atoms with van der Waals surface area (Å²) in [5.74, 6) is -0.334. The van der Waals surface area contributed by atoms with E-state index < -0.39 is 5.79 Å². The van der Waals surface area contributed by atoms with E-state index in [9.17, 15) is 4.79 Å². The maximum Gasteiger partial charge on any atom is 0.409 e. The summed E-state index contributed by atoms with van der Waals surface area (Å²) in [6.45, 7) is 6.02. The summed E-state index contributed by atoms with van der Waals surface area (Å²) in [6, 6.07) is 13.2. The molecule has 2 aliphatic rings. The zero-order valence-corrected chi connectivity index (χ0v) is 22.6. The van der Waals surface area contributed by atoms with Crippen LogP contribution in [-0.4, -0.2) is 72.6 Å². The molecule has 11 heteroatoms. The van der Waals surface area contributed by atoms with E-state index in [0.29, 0.717) is 49.5 Å². The highest BCUT2D eigenvalue weighted by atomic mass is 35.5. The zero-order chi connectivity index (χ0) is 26.5. The van der Waals surface area contributed by atoms with Crippen molar-refractivity contribution in [2.75, 3.05) is 50.9 Å². The first-order valence-corrected chi connectivity index (χ1v) is 13.3. The molecule has 0 saturated carbocycles. The number of anilines is 1. The molecular weight excluding hydrogens is 531 g/mol. The lowest BCUT2D eigenvalue weighted by Gasteiger charge is -2.35. The first-order chi connectivity index (χ1) is 18.4. The summed E-state index contributed by atoms with van der Waals surface area (Å²) in [6.07, 6.45) is 4.72. The number of benzene rings is 2. The molecule has 0 N–H and O–H groups in total. The van der Waals surface area contributed by atoms with Gasteiger partial charge in [-0.2, -0.15) is 0 Å². The van der Waals surface area contributed by atoms with Crippen molar-refractivity contribution in [3.8, 4) is 5.75 Å². The van der Waals surface area contributed by atoms with Crippen molar-refractivity contribution in [2.24, 2.45) is 0 Å². The third-order valence-electron chi connectivity index (χ3n) is 6.56. The Morgan fingerprint density at radius 3 is 2.50 bits per heavy atom. The van der Waals surface area contributed by atoms with Gasteiger partial charge < -0.3 is 33.3 Å². The van der Waals surface area contributed by atoms with E-state index >= 15 is 0 Å². The number of hydrogen-bond donors (Lipinski definition) is 0. The van der Waals surface area contributed by atoms with Crippen LogP contribution < -0.4 is 9.64 Å². The number of piperazine rings is 1. The van der Waals surface area contributed by atoms with Gasteiger partial charge in [-0.15, -0.1) is 0 Å². The summed E-state index contributed by atoms with van der Waals surface area (Å²) >= 11 is 12.6. The summed E-state index contributed by atoms with van der Waals surface area (Å²) in [5.41, 5.74) is 1.82. The number of carbonyl (C=O) groups excluding carboxylic acids is 1. The predicted molar refractivity (Wildman–Crippen MR) is 144 cm³/mol. The maximum absolute atomic E-state index is 11.9. The van der Waals surface area contributed by atoms with Gasteiger partial charge in [0.25, 0.3) is 0 Å². The molecule has 2 saturated heterocycles. The smallest absolute Gasteiger partial charge is 0.409 e. The highest BCUT2D eigenvalue weighted by Gasteiger charge is 2.44.